The Bertz CT molecular complexity index is 616. The van der Waals surface area contributed by atoms with Crippen LogP contribution in [-0.2, 0) is 5.88 Å². The van der Waals surface area contributed by atoms with Gasteiger partial charge in [-0.05, 0) is 37.3 Å². The largest absolute Gasteiger partial charge is 0.370 e. The highest BCUT2D eigenvalue weighted by molar-refractivity contribution is 7.14. The smallest absolute Gasteiger partial charge is 0.146 e. The van der Waals surface area contributed by atoms with E-state index in [1.165, 1.54) is 6.54 Å². The molecular formula is C17H24ClN3OS. The average Bonchev–Trinajstić information content (AvgIpc) is 2.91. The minimum absolute atomic E-state index is 0.257. The van der Waals surface area contributed by atoms with E-state index in [0.717, 1.165) is 47.2 Å². The molecule has 1 aromatic rings. The fourth-order valence-electron chi connectivity index (χ4n) is 5.02. The van der Waals surface area contributed by atoms with Crippen LogP contribution in [-0.4, -0.2) is 53.1 Å². The third-order valence-corrected chi connectivity index (χ3v) is 7.83. The van der Waals surface area contributed by atoms with Gasteiger partial charge in [-0.2, -0.15) is 0 Å². The number of aliphatic hydroxyl groups is 1. The van der Waals surface area contributed by atoms with Crippen LogP contribution in [0.1, 0.15) is 28.2 Å². The van der Waals surface area contributed by atoms with Crippen molar-refractivity contribution < 1.29 is 5.11 Å². The van der Waals surface area contributed by atoms with Gasteiger partial charge in [0.05, 0.1) is 10.8 Å². The molecule has 4 aliphatic rings. The molecule has 1 aliphatic carbocycles. The Balaban J connectivity index is 1.62. The van der Waals surface area contributed by atoms with E-state index in [0.29, 0.717) is 11.7 Å². The lowest BCUT2D eigenvalue weighted by Gasteiger charge is -2.62. The van der Waals surface area contributed by atoms with Gasteiger partial charge in [-0.1, -0.05) is 0 Å². The number of nitrogens with one attached hydrogen (secondary N) is 1. The number of hydrogen-bond acceptors (Lipinski definition) is 4. The molecule has 5 rings (SSSR count). The Kier molecular flexibility index (Phi) is 3.76. The Morgan fingerprint density at radius 1 is 1.43 bits per heavy atom. The van der Waals surface area contributed by atoms with E-state index in [4.69, 9.17) is 17.0 Å². The molecule has 0 radical (unpaired) electrons. The van der Waals surface area contributed by atoms with Crippen LogP contribution in [0.15, 0.2) is 6.07 Å². The summed E-state index contributed by atoms with van der Waals surface area (Å²) in [6.45, 7) is 5.18. The average molecular weight is 354 g/mol. The van der Waals surface area contributed by atoms with E-state index in [2.05, 4.69) is 4.90 Å². The van der Waals surface area contributed by atoms with E-state index >= 15 is 0 Å². The van der Waals surface area contributed by atoms with E-state index in [1.54, 1.807) is 11.3 Å². The second kappa shape index (κ2) is 5.45. The molecule has 3 saturated heterocycles. The first kappa shape index (κ1) is 15.9. The summed E-state index contributed by atoms with van der Waals surface area (Å²) in [5, 5.41) is 20.2. The molecule has 6 heteroatoms. The summed E-state index contributed by atoms with van der Waals surface area (Å²) in [5.74, 6) is 2.17. The van der Waals surface area contributed by atoms with Crippen molar-refractivity contribution in [3.63, 3.8) is 0 Å². The van der Waals surface area contributed by atoms with Gasteiger partial charge in [-0.15, -0.1) is 22.9 Å². The quantitative estimate of drug-likeness (QED) is 0.380. The zero-order valence-corrected chi connectivity index (χ0v) is 15.3. The van der Waals surface area contributed by atoms with Crippen molar-refractivity contribution >= 4 is 28.8 Å². The van der Waals surface area contributed by atoms with Crippen molar-refractivity contribution in [1.29, 1.82) is 5.41 Å². The number of aryl methyl sites for hydroxylation is 1. The maximum absolute atomic E-state index is 11.6. The van der Waals surface area contributed by atoms with E-state index < -0.39 is 5.72 Å². The number of hydrogen-bond donors (Lipinski definition) is 2. The lowest BCUT2D eigenvalue weighted by Crippen LogP contribution is -2.72. The number of piperidine rings is 3. The van der Waals surface area contributed by atoms with E-state index in [9.17, 15) is 5.11 Å². The first-order valence-electron chi connectivity index (χ1n) is 8.36. The van der Waals surface area contributed by atoms with Gasteiger partial charge < -0.3 is 14.9 Å². The molecule has 1 saturated carbocycles. The molecule has 4 heterocycles. The van der Waals surface area contributed by atoms with Crippen molar-refractivity contribution in [1.82, 2.24) is 9.80 Å². The monoisotopic (exact) mass is 353 g/mol. The topological polar surface area (TPSA) is 50.6 Å². The summed E-state index contributed by atoms with van der Waals surface area (Å²) in [7, 11) is 1.90. The number of thiophene rings is 1. The van der Waals surface area contributed by atoms with Gasteiger partial charge in [-0.3, -0.25) is 5.41 Å². The Morgan fingerprint density at radius 3 is 2.61 bits per heavy atom. The summed E-state index contributed by atoms with van der Waals surface area (Å²) >= 11 is 7.55. The molecule has 2 atom stereocenters. The summed E-state index contributed by atoms with van der Waals surface area (Å²) in [4.78, 5) is 6.37. The predicted octanol–water partition coefficient (Wildman–Crippen LogP) is 2.71. The third-order valence-electron chi connectivity index (χ3n) is 6.16. The van der Waals surface area contributed by atoms with E-state index in [-0.39, 0.29) is 11.8 Å². The maximum Gasteiger partial charge on any atom is 0.146 e. The molecule has 0 aromatic carbocycles. The highest BCUT2D eigenvalue weighted by atomic mass is 35.5. The SMILES string of the molecule is Cc1cc(C(=N)N(C)C2(O)C3CC4CC2CN(C4)C3)sc1CCl. The van der Waals surface area contributed by atoms with Crippen molar-refractivity contribution in [3.05, 3.63) is 21.4 Å². The minimum Gasteiger partial charge on any atom is -0.370 e. The van der Waals surface area contributed by atoms with Gasteiger partial charge in [0.2, 0.25) is 0 Å². The van der Waals surface area contributed by atoms with Crippen LogP contribution in [0.3, 0.4) is 0 Å². The number of amidine groups is 1. The minimum atomic E-state index is -0.872. The fourth-order valence-corrected chi connectivity index (χ4v) is 6.41. The maximum atomic E-state index is 11.6. The summed E-state index contributed by atoms with van der Waals surface area (Å²) < 4.78 is 0. The second-order valence-electron chi connectivity index (χ2n) is 7.49. The van der Waals surface area contributed by atoms with Crippen LogP contribution in [0, 0.1) is 30.1 Å². The molecule has 0 spiro atoms. The molecule has 2 unspecified atom stereocenters. The predicted molar refractivity (Wildman–Crippen MR) is 94.3 cm³/mol. The third kappa shape index (κ3) is 2.28. The number of nitrogens with zero attached hydrogens (tertiary/aromatic N) is 2. The van der Waals surface area contributed by atoms with Crippen molar-refractivity contribution in [3.8, 4) is 0 Å². The molecule has 4 nitrogen and oxygen atoms in total. The Morgan fingerprint density at radius 2 is 2.09 bits per heavy atom. The van der Waals surface area contributed by atoms with E-state index in [1.807, 2.05) is 24.9 Å². The first-order chi connectivity index (χ1) is 10.9. The highest BCUT2D eigenvalue weighted by Gasteiger charge is 2.58. The van der Waals surface area contributed by atoms with Gasteiger partial charge in [0.25, 0.3) is 0 Å². The summed E-state index contributed by atoms with van der Waals surface area (Å²) in [6.07, 6.45) is 2.19. The van der Waals surface area contributed by atoms with Crippen LogP contribution in [0.4, 0.5) is 0 Å². The molecule has 3 aliphatic heterocycles. The number of rotatable bonds is 3. The van der Waals surface area contributed by atoms with Crippen LogP contribution in [0.25, 0.3) is 0 Å². The van der Waals surface area contributed by atoms with Gasteiger partial charge in [0.15, 0.2) is 0 Å². The van der Waals surface area contributed by atoms with Crippen molar-refractivity contribution in [2.24, 2.45) is 17.8 Å². The number of alkyl halides is 1. The van der Waals surface area contributed by atoms with Crippen LogP contribution in [0.5, 0.6) is 0 Å². The molecule has 4 fully saturated rings. The Hall–Kier alpha value is -0.620. The summed E-state index contributed by atoms with van der Waals surface area (Å²) in [6, 6.07) is 2.03. The molecular weight excluding hydrogens is 330 g/mol. The van der Waals surface area contributed by atoms with Crippen LogP contribution in [0.2, 0.25) is 0 Å². The van der Waals surface area contributed by atoms with Crippen molar-refractivity contribution in [2.75, 3.05) is 26.7 Å². The molecule has 126 valence electrons. The fraction of sp³-hybridized carbons (Fsp3) is 0.706. The van der Waals surface area contributed by atoms with Crippen molar-refractivity contribution in [2.45, 2.75) is 31.4 Å². The Labute approximate surface area is 146 Å². The zero-order chi connectivity index (χ0) is 16.4. The summed E-state index contributed by atoms with van der Waals surface area (Å²) in [5.41, 5.74) is 0.269. The van der Waals surface area contributed by atoms with Gasteiger partial charge in [0.1, 0.15) is 11.6 Å². The normalized spacial score (nSPS) is 38.1. The van der Waals surface area contributed by atoms with Crippen LogP contribution >= 0.6 is 22.9 Å². The lowest BCUT2D eigenvalue weighted by atomic mass is 9.62. The molecule has 23 heavy (non-hydrogen) atoms. The second-order valence-corrected chi connectivity index (χ2v) is 8.89. The number of halogens is 1. The molecule has 0 amide bonds. The lowest BCUT2D eigenvalue weighted by molar-refractivity contribution is -0.233. The first-order valence-corrected chi connectivity index (χ1v) is 9.71. The standard InChI is InChI=1S/C17H24ClN3OS/c1-10-3-14(23-15(10)6-18)16(19)20(2)17(22)12-4-11-5-13(17)9-21(7-11)8-12/h3,11-13,19,22H,4-9H2,1-2H3. The van der Waals surface area contributed by atoms with Crippen LogP contribution < -0.4 is 0 Å². The molecule has 1 aromatic heterocycles. The molecule has 2 N–H and O–H groups in total. The zero-order valence-electron chi connectivity index (χ0n) is 13.7. The van der Waals surface area contributed by atoms with Gasteiger partial charge in [-0.25, -0.2) is 0 Å². The highest BCUT2D eigenvalue weighted by Crippen LogP contribution is 2.50. The van der Waals surface area contributed by atoms with Gasteiger partial charge in [0, 0.05) is 43.4 Å². The molecule has 4 bridgehead atoms. The van der Waals surface area contributed by atoms with Gasteiger partial charge >= 0.3 is 0 Å².